The summed E-state index contributed by atoms with van der Waals surface area (Å²) in [6.07, 6.45) is 3.74. The number of hydrogen-bond acceptors (Lipinski definition) is 4. The molecular formula is C13H12N4O. The summed E-state index contributed by atoms with van der Waals surface area (Å²) < 4.78 is 0. The van der Waals surface area contributed by atoms with Crippen LogP contribution in [0.25, 0.3) is 0 Å². The molecule has 0 fully saturated rings. The maximum absolute atomic E-state index is 12.3. The number of para-hydroxylation sites is 1. The van der Waals surface area contributed by atoms with E-state index in [0.29, 0.717) is 6.54 Å². The highest BCUT2D eigenvalue weighted by Gasteiger charge is 2.26. The second-order valence-corrected chi connectivity index (χ2v) is 4.16. The molecule has 0 radical (unpaired) electrons. The van der Waals surface area contributed by atoms with Crippen molar-refractivity contribution in [3.05, 3.63) is 47.9 Å². The molecule has 18 heavy (non-hydrogen) atoms. The van der Waals surface area contributed by atoms with E-state index in [1.807, 2.05) is 24.3 Å². The zero-order valence-electron chi connectivity index (χ0n) is 9.71. The minimum absolute atomic E-state index is 0.153. The molecule has 3 rings (SSSR count). The predicted molar refractivity (Wildman–Crippen MR) is 68.3 cm³/mol. The van der Waals surface area contributed by atoms with Gasteiger partial charge in [-0.2, -0.15) is 0 Å². The van der Waals surface area contributed by atoms with Crippen molar-refractivity contribution in [2.45, 2.75) is 6.42 Å². The van der Waals surface area contributed by atoms with Gasteiger partial charge in [0.1, 0.15) is 11.5 Å². The molecule has 0 spiro atoms. The molecule has 0 aliphatic carbocycles. The summed E-state index contributed by atoms with van der Waals surface area (Å²) in [6, 6.07) is 7.89. The molecule has 5 heteroatoms. The van der Waals surface area contributed by atoms with E-state index in [1.54, 1.807) is 4.90 Å². The molecule has 1 aliphatic rings. The van der Waals surface area contributed by atoms with Gasteiger partial charge in [0.25, 0.3) is 5.91 Å². The molecule has 1 aromatic carbocycles. The number of amides is 1. The SMILES string of the molecule is Nc1cncc(C(=O)N2CCc3ccccc32)n1. The van der Waals surface area contributed by atoms with Crippen LogP contribution >= 0.6 is 0 Å². The lowest BCUT2D eigenvalue weighted by atomic mass is 10.2. The summed E-state index contributed by atoms with van der Waals surface area (Å²) in [5.41, 5.74) is 7.96. The third kappa shape index (κ3) is 1.69. The van der Waals surface area contributed by atoms with Gasteiger partial charge in [0, 0.05) is 12.2 Å². The third-order valence-electron chi connectivity index (χ3n) is 3.00. The monoisotopic (exact) mass is 240 g/mol. The fourth-order valence-corrected chi connectivity index (χ4v) is 2.17. The average molecular weight is 240 g/mol. The molecule has 90 valence electrons. The molecular weight excluding hydrogens is 228 g/mol. The summed E-state index contributed by atoms with van der Waals surface area (Å²) in [4.78, 5) is 22.0. The number of hydrogen-bond donors (Lipinski definition) is 1. The highest BCUT2D eigenvalue weighted by atomic mass is 16.2. The van der Waals surface area contributed by atoms with E-state index in [2.05, 4.69) is 9.97 Å². The highest BCUT2D eigenvalue weighted by Crippen LogP contribution is 2.28. The number of nitrogen functional groups attached to an aromatic ring is 1. The van der Waals surface area contributed by atoms with Crippen molar-refractivity contribution in [2.75, 3.05) is 17.2 Å². The van der Waals surface area contributed by atoms with Gasteiger partial charge in [-0.05, 0) is 18.1 Å². The van der Waals surface area contributed by atoms with Crippen LogP contribution in [-0.2, 0) is 6.42 Å². The van der Waals surface area contributed by atoms with Crippen LogP contribution in [0.3, 0.4) is 0 Å². The first-order valence-electron chi connectivity index (χ1n) is 5.73. The predicted octanol–water partition coefficient (Wildman–Crippen LogP) is 1.26. The van der Waals surface area contributed by atoms with Crippen molar-refractivity contribution in [1.82, 2.24) is 9.97 Å². The molecule has 0 unspecified atom stereocenters. The van der Waals surface area contributed by atoms with Crippen molar-refractivity contribution in [1.29, 1.82) is 0 Å². The molecule has 1 aliphatic heterocycles. The van der Waals surface area contributed by atoms with E-state index in [9.17, 15) is 4.79 Å². The summed E-state index contributed by atoms with van der Waals surface area (Å²) >= 11 is 0. The molecule has 0 atom stereocenters. The lowest BCUT2D eigenvalue weighted by Crippen LogP contribution is -2.29. The number of anilines is 2. The smallest absolute Gasteiger partial charge is 0.278 e. The molecule has 0 bridgehead atoms. The van der Waals surface area contributed by atoms with Crippen LogP contribution in [0.2, 0.25) is 0 Å². The van der Waals surface area contributed by atoms with Gasteiger partial charge in [-0.3, -0.25) is 9.78 Å². The van der Waals surface area contributed by atoms with E-state index >= 15 is 0 Å². The summed E-state index contributed by atoms with van der Waals surface area (Å²) in [7, 11) is 0. The Morgan fingerprint density at radius 1 is 1.28 bits per heavy atom. The van der Waals surface area contributed by atoms with Gasteiger partial charge in [-0.15, -0.1) is 0 Å². The summed E-state index contributed by atoms with van der Waals surface area (Å²) in [5, 5.41) is 0. The Morgan fingerprint density at radius 3 is 2.94 bits per heavy atom. The van der Waals surface area contributed by atoms with Crippen molar-refractivity contribution >= 4 is 17.4 Å². The van der Waals surface area contributed by atoms with Crippen molar-refractivity contribution in [3.8, 4) is 0 Å². The Morgan fingerprint density at radius 2 is 2.11 bits per heavy atom. The molecule has 2 aromatic rings. The second-order valence-electron chi connectivity index (χ2n) is 4.16. The number of aromatic nitrogens is 2. The molecule has 5 nitrogen and oxygen atoms in total. The Hall–Kier alpha value is -2.43. The highest BCUT2D eigenvalue weighted by molar-refractivity contribution is 6.06. The normalized spacial score (nSPS) is 13.4. The lowest BCUT2D eigenvalue weighted by molar-refractivity contribution is 0.0984. The number of benzene rings is 1. The van der Waals surface area contributed by atoms with Crippen LogP contribution in [0.4, 0.5) is 11.5 Å². The minimum Gasteiger partial charge on any atom is -0.382 e. The molecule has 1 amide bonds. The van der Waals surface area contributed by atoms with E-state index in [4.69, 9.17) is 5.73 Å². The van der Waals surface area contributed by atoms with E-state index in [0.717, 1.165) is 12.1 Å². The van der Waals surface area contributed by atoms with Gasteiger partial charge in [0.15, 0.2) is 0 Å². The minimum atomic E-state index is -0.153. The maximum atomic E-state index is 12.3. The summed E-state index contributed by atoms with van der Waals surface area (Å²) in [6.45, 7) is 0.675. The number of carbonyl (C=O) groups excluding carboxylic acids is 1. The number of nitrogens with zero attached hydrogens (tertiary/aromatic N) is 3. The van der Waals surface area contributed by atoms with Gasteiger partial charge in [-0.1, -0.05) is 18.2 Å². The van der Waals surface area contributed by atoms with Crippen LogP contribution in [0.5, 0.6) is 0 Å². The maximum Gasteiger partial charge on any atom is 0.278 e. The Labute approximate surface area is 104 Å². The first-order valence-corrected chi connectivity index (χ1v) is 5.73. The second kappa shape index (κ2) is 4.10. The molecule has 0 saturated heterocycles. The van der Waals surface area contributed by atoms with Crippen molar-refractivity contribution in [2.24, 2.45) is 0 Å². The average Bonchev–Trinajstić information content (AvgIpc) is 2.82. The fourth-order valence-electron chi connectivity index (χ4n) is 2.17. The van der Waals surface area contributed by atoms with Gasteiger partial charge in [0.2, 0.25) is 0 Å². The van der Waals surface area contributed by atoms with Crippen LogP contribution < -0.4 is 10.6 Å². The Balaban J connectivity index is 1.96. The number of carbonyl (C=O) groups is 1. The van der Waals surface area contributed by atoms with Crippen LogP contribution in [0, 0.1) is 0 Å². The standard InChI is InChI=1S/C13H12N4O/c14-12-8-15-7-10(16-12)13(18)17-6-5-9-3-1-2-4-11(9)17/h1-4,7-8H,5-6H2,(H2,14,16). The fraction of sp³-hybridized carbons (Fsp3) is 0.154. The first-order chi connectivity index (χ1) is 8.75. The van der Waals surface area contributed by atoms with Crippen LogP contribution in [0.15, 0.2) is 36.7 Å². The molecule has 2 heterocycles. The third-order valence-corrected chi connectivity index (χ3v) is 3.00. The van der Waals surface area contributed by atoms with Crippen LogP contribution in [-0.4, -0.2) is 22.4 Å². The quantitative estimate of drug-likeness (QED) is 0.814. The van der Waals surface area contributed by atoms with E-state index < -0.39 is 0 Å². The first kappa shape index (κ1) is 10.7. The number of nitrogens with two attached hydrogens (primary N) is 1. The van der Waals surface area contributed by atoms with Gasteiger partial charge in [0.05, 0.1) is 12.4 Å². The van der Waals surface area contributed by atoms with Gasteiger partial charge in [-0.25, -0.2) is 4.98 Å². The zero-order chi connectivity index (χ0) is 12.5. The number of rotatable bonds is 1. The lowest BCUT2D eigenvalue weighted by Gasteiger charge is -2.16. The number of fused-ring (bicyclic) bond motifs is 1. The summed E-state index contributed by atoms with van der Waals surface area (Å²) in [5.74, 6) is 0.105. The molecule has 1 aromatic heterocycles. The Bertz CT molecular complexity index is 611. The van der Waals surface area contributed by atoms with Crippen LogP contribution in [0.1, 0.15) is 16.1 Å². The van der Waals surface area contributed by atoms with Gasteiger partial charge >= 0.3 is 0 Å². The topological polar surface area (TPSA) is 72.1 Å². The zero-order valence-corrected chi connectivity index (χ0v) is 9.71. The largest absolute Gasteiger partial charge is 0.382 e. The van der Waals surface area contributed by atoms with Gasteiger partial charge < -0.3 is 10.6 Å². The van der Waals surface area contributed by atoms with E-state index in [-0.39, 0.29) is 17.4 Å². The molecule has 2 N–H and O–H groups in total. The Kier molecular flexibility index (Phi) is 2.44. The van der Waals surface area contributed by atoms with Crippen molar-refractivity contribution in [3.63, 3.8) is 0 Å². The van der Waals surface area contributed by atoms with E-state index in [1.165, 1.54) is 18.0 Å². The molecule has 0 saturated carbocycles. The van der Waals surface area contributed by atoms with Crippen molar-refractivity contribution < 1.29 is 4.79 Å².